The lowest BCUT2D eigenvalue weighted by Crippen LogP contribution is -2.25. The first-order chi connectivity index (χ1) is 7.81. The van der Waals surface area contributed by atoms with Crippen molar-refractivity contribution < 1.29 is 9.94 Å². The molecular formula is C11H11Br3NO2. The maximum absolute atomic E-state index is 12.1. The highest BCUT2D eigenvalue weighted by atomic mass is 79.9. The second kappa shape index (κ2) is 4.81. The van der Waals surface area contributed by atoms with Crippen molar-refractivity contribution >= 4 is 53.5 Å². The van der Waals surface area contributed by atoms with Crippen LogP contribution >= 0.6 is 47.8 Å². The number of epoxide rings is 1. The molecule has 0 N–H and O–H groups in total. The first kappa shape index (κ1) is 13.8. The Morgan fingerprint density at radius 3 is 2.18 bits per heavy atom. The zero-order valence-electron chi connectivity index (χ0n) is 9.34. The van der Waals surface area contributed by atoms with Crippen LogP contribution in [0.15, 0.2) is 25.6 Å². The number of hydrogen-bond acceptors (Lipinski definition) is 2. The predicted molar refractivity (Wildman–Crippen MR) is 76.5 cm³/mol. The average Bonchev–Trinajstić information content (AvgIpc) is 2.70. The highest BCUT2D eigenvalue weighted by Crippen LogP contribution is 2.40. The molecule has 1 aliphatic heterocycles. The van der Waals surface area contributed by atoms with Gasteiger partial charge < -0.3 is 4.74 Å². The molecule has 0 spiro atoms. The molecule has 1 radical (unpaired) electrons. The van der Waals surface area contributed by atoms with Crippen LogP contribution in [-0.2, 0) is 9.94 Å². The number of hydrogen-bond donors (Lipinski definition) is 0. The summed E-state index contributed by atoms with van der Waals surface area (Å²) in [6.07, 6.45) is 0.00227. The van der Waals surface area contributed by atoms with Crippen LogP contribution in [0.2, 0.25) is 0 Å². The van der Waals surface area contributed by atoms with Crippen molar-refractivity contribution in [1.29, 1.82) is 0 Å². The fourth-order valence-electron chi connectivity index (χ4n) is 1.60. The lowest BCUT2D eigenvalue weighted by Gasteiger charge is -2.17. The first-order valence-corrected chi connectivity index (χ1v) is 7.46. The van der Waals surface area contributed by atoms with Crippen LogP contribution < -0.4 is 5.06 Å². The molecule has 17 heavy (non-hydrogen) atoms. The summed E-state index contributed by atoms with van der Waals surface area (Å²) in [5, 5.41) is 13.1. The third kappa shape index (κ3) is 3.04. The van der Waals surface area contributed by atoms with Gasteiger partial charge in [-0.2, -0.15) is 0 Å². The second-order valence-electron chi connectivity index (χ2n) is 4.49. The number of ether oxygens (including phenoxy) is 1. The maximum atomic E-state index is 12.1. The van der Waals surface area contributed by atoms with Crippen LogP contribution in [0.25, 0.3) is 0 Å². The van der Waals surface area contributed by atoms with E-state index in [9.17, 15) is 5.21 Å². The van der Waals surface area contributed by atoms with Crippen molar-refractivity contribution in [2.45, 2.75) is 25.6 Å². The molecule has 6 heteroatoms. The van der Waals surface area contributed by atoms with Gasteiger partial charge >= 0.3 is 0 Å². The average molecular weight is 429 g/mol. The smallest absolute Gasteiger partial charge is 0.107 e. The lowest BCUT2D eigenvalue weighted by molar-refractivity contribution is 0.150. The molecule has 1 unspecified atom stereocenters. The molecule has 2 rings (SSSR count). The number of hydroxylamine groups is 1. The standard InChI is InChI=1S/C11H11Br3NO2/c1-11(2)9(17-11)5-15(16)10-7(13)3-6(12)4-8(10)14/h3-4,9H,5H2,1-2H3. The minimum Gasteiger partial charge on any atom is -0.365 e. The monoisotopic (exact) mass is 426 g/mol. The molecule has 0 aromatic heterocycles. The Hall–Kier alpha value is 0.380. The molecule has 1 aromatic rings. The molecule has 1 heterocycles. The third-order valence-electron chi connectivity index (χ3n) is 2.73. The highest BCUT2D eigenvalue weighted by molar-refractivity contribution is 9.11. The van der Waals surface area contributed by atoms with Crippen molar-refractivity contribution in [3.05, 3.63) is 25.6 Å². The second-order valence-corrected chi connectivity index (χ2v) is 7.11. The van der Waals surface area contributed by atoms with E-state index in [0.29, 0.717) is 12.2 Å². The van der Waals surface area contributed by atoms with E-state index in [2.05, 4.69) is 47.8 Å². The van der Waals surface area contributed by atoms with E-state index in [4.69, 9.17) is 4.74 Å². The summed E-state index contributed by atoms with van der Waals surface area (Å²) < 4.78 is 7.85. The van der Waals surface area contributed by atoms with Gasteiger partial charge in [0.25, 0.3) is 0 Å². The van der Waals surface area contributed by atoms with E-state index >= 15 is 0 Å². The third-order valence-corrected chi connectivity index (χ3v) is 4.39. The summed E-state index contributed by atoms with van der Waals surface area (Å²) in [6, 6.07) is 3.70. The van der Waals surface area contributed by atoms with Crippen LogP contribution in [0.3, 0.4) is 0 Å². The Labute approximate surface area is 125 Å². The van der Waals surface area contributed by atoms with Gasteiger partial charge in [-0.1, -0.05) is 21.1 Å². The maximum Gasteiger partial charge on any atom is 0.107 e. The molecule has 1 aromatic carbocycles. The van der Waals surface area contributed by atoms with E-state index in [0.717, 1.165) is 18.5 Å². The normalized spacial score (nSPS) is 21.4. The molecule has 1 atom stereocenters. The molecular weight excluding hydrogens is 418 g/mol. The predicted octanol–water partition coefficient (Wildman–Crippen LogP) is 4.30. The van der Waals surface area contributed by atoms with Crippen LogP contribution in [0.1, 0.15) is 13.8 Å². The number of benzene rings is 1. The Balaban J connectivity index is 2.17. The topological polar surface area (TPSA) is 35.7 Å². The highest BCUT2D eigenvalue weighted by Gasteiger charge is 2.49. The van der Waals surface area contributed by atoms with E-state index < -0.39 is 0 Å². The molecule has 3 nitrogen and oxygen atoms in total. The Bertz CT molecular complexity index is 427. The molecule has 1 fully saturated rings. The van der Waals surface area contributed by atoms with Gasteiger partial charge in [-0.05, 0) is 57.8 Å². The molecule has 1 aliphatic rings. The SMILES string of the molecule is CC1(C)OC1CN([O])c1c(Br)cc(Br)cc1Br. The fraction of sp³-hybridized carbons (Fsp3) is 0.455. The van der Waals surface area contributed by atoms with Gasteiger partial charge in [0, 0.05) is 13.4 Å². The van der Waals surface area contributed by atoms with Crippen LogP contribution in [0.4, 0.5) is 5.69 Å². The van der Waals surface area contributed by atoms with Crippen LogP contribution in [0.5, 0.6) is 0 Å². The van der Waals surface area contributed by atoms with Gasteiger partial charge in [0.1, 0.15) is 6.10 Å². The molecule has 0 amide bonds. The molecule has 93 valence electrons. The number of anilines is 1. The van der Waals surface area contributed by atoms with E-state index in [1.165, 1.54) is 0 Å². The van der Waals surface area contributed by atoms with E-state index in [1.54, 1.807) is 0 Å². The Kier molecular flexibility index (Phi) is 3.91. The van der Waals surface area contributed by atoms with Crippen molar-refractivity contribution in [2.24, 2.45) is 0 Å². The van der Waals surface area contributed by atoms with Gasteiger partial charge in [0.05, 0.1) is 17.8 Å². The van der Waals surface area contributed by atoms with Crippen molar-refractivity contribution in [1.82, 2.24) is 0 Å². The molecule has 0 aliphatic carbocycles. The Morgan fingerprint density at radius 1 is 1.29 bits per heavy atom. The van der Waals surface area contributed by atoms with Crippen LogP contribution in [0, 0.1) is 0 Å². The number of rotatable bonds is 3. The van der Waals surface area contributed by atoms with Gasteiger partial charge in [0.2, 0.25) is 0 Å². The minimum atomic E-state index is -0.170. The van der Waals surface area contributed by atoms with Crippen molar-refractivity contribution in [3.63, 3.8) is 0 Å². The summed E-state index contributed by atoms with van der Waals surface area (Å²) >= 11 is 10.2. The summed E-state index contributed by atoms with van der Waals surface area (Å²) in [7, 11) is 0. The molecule has 0 bridgehead atoms. The largest absolute Gasteiger partial charge is 0.365 e. The van der Waals surface area contributed by atoms with Gasteiger partial charge in [-0.25, -0.2) is 5.06 Å². The first-order valence-electron chi connectivity index (χ1n) is 5.08. The van der Waals surface area contributed by atoms with E-state index in [1.807, 2.05) is 26.0 Å². The summed E-state index contributed by atoms with van der Waals surface area (Å²) in [6.45, 7) is 4.31. The van der Waals surface area contributed by atoms with Crippen LogP contribution in [-0.4, -0.2) is 18.2 Å². The number of nitrogens with zero attached hydrogens (tertiary/aromatic N) is 1. The molecule has 1 saturated heterocycles. The van der Waals surface area contributed by atoms with E-state index in [-0.39, 0.29) is 11.7 Å². The summed E-state index contributed by atoms with van der Waals surface area (Å²) in [4.78, 5) is 0. The summed E-state index contributed by atoms with van der Waals surface area (Å²) in [5.74, 6) is 0. The summed E-state index contributed by atoms with van der Waals surface area (Å²) in [5.41, 5.74) is 0.427. The zero-order valence-corrected chi connectivity index (χ0v) is 14.1. The van der Waals surface area contributed by atoms with Gasteiger partial charge in [0.15, 0.2) is 0 Å². The minimum absolute atomic E-state index is 0.00227. The quantitative estimate of drug-likeness (QED) is 0.531. The van der Waals surface area contributed by atoms with Gasteiger partial charge in [-0.15, -0.1) is 0 Å². The lowest BCUT2D eigenvalue weighted by atomic mass is 10.1. The zero-order chi connectivity index (χ0) is 12.8. The number of halogens is 3. The molecule has 0 saturated carbocycles. The van der Waals surface area contributed by atoms with Crippen molar-refractivity contribution in [2.75, 3.05) is 11.6 Å². The fourth-order valence-corrected chi connectivity index (χ4v) is 4.26. The van der Waals surface area contributed by atoms with Gasteiger partial charge in [-0.3, -0.25) is 0 Å². The Morgan fingerprint density at radius 2 is 1.76 bits per heavy atom. The van der Waals surface area contributed by atoms with Crippen molar-refractivity contribution in [3.8, 4) is 0 Å².